The van der Waals surface area contributed by atoms with Crippen LogP contribution in [0.1, 0.15) is 46.0 Å². The summed E-state index contributed by atoms with van der Waals surface area (Å²) in [6.45, 7) is 6.25. The number of nitrogens with one attached hydrogen (secondary N) is 2. The van der Waals surface area contributed by atoms with Gasteiger partial charge in [-0.25, -0.2) is 4.98 Å². The third-order valence-corrected chi connectivity index (χ3v) is 5.51. The first-order valence-corrected chi connectivity index (χ1v) is 8.87. The molecule has 1 aliphatic carbocycles. The van der Waals surface area contributed by atoms with E-state index >= 15 is 0 Å². The molecule has 5 heteroatoms. The Morgan fingerprint density at radius 3 is 2.71 bits per heavy atom. The number of rotatable bonds is 6. The summed E-state index contributed by atoms with van der Waals surface area (Å²) < 4.78 is 0. The van der Waals surface area contributed by atoms with E-state index in [-0.39, 0.29) is 0 Å². The molecule has 2 aromatic heterocycles. The Hall–Kier alpha value is -1.36. The molecule has 0 saturated heterocycles. The third kappa shape index (κ3) is 2.98. The van der Waals surface area contributed by atoms with Crippen LogP contribution in [0.5, 0.6) is 0 Å². The van der Waals surface area contributed by atoms with Gasteiger partial charge in [0.15, 0.2) is 0 Å². The Morgan fingerprint density at radius 2 is 2.00 bits per heavy atom. The maximum atomic E-state index is 4.66. The Morgan fingerprint density at radius 1 is 1.19 bits per heavy atom. The average Bonchev–Trinajstić information content (AvgIpc) is 3.15. The van der Waals surface area contributed by atoms with Crippen LogP contribution in [0.2, 0.25) is 0 Å². The molecule has 0 amide bonds. The van der Waals surface area contributed by atoms with Crippen LogP contribution in [0.15, 0.2) is 11.4 Å². The van der Waals surface area contributed by atoms with Gasteiger partial charge in [0, 0.05) is 13.1 Å². The molecule has 0 aliphatic heterocycles. The first kappa shape index (κ1) is 14.6. The van der Waals surface area contributed by atoms with Gasteiger partial charge in [-0.2, -0.15) is 4.98 Å². The molecule has 2 heterocycles. The Balaban J connectivity index is 1.83. The van der Waals surface area contributed by atoms with Crippen LogP contribution < -0.4 is 10.6 Å². The quantitative estimate of drug-likeness (QED) is 0.824. The molecule has 0 atom stereocenters. The number of anilines is 2. The minimum atomic E-state index is 0.464. The van der Waals surface area contributed by atoms with Crippen LogP contribution >= 0.6 is 11.3 Å². The average molecular weight is 304 g/mol. The molecule has 114 valence electrons. The van der Waals surface area contributed by atoms with Gasteiger partial charge in [-0.05, 0) is 43.0 Å². The summed E-state index contributed by atoms with van der Waals surface area (Å²) >= 11 is 1.67. The van der Waals surface area contributed by atoms with Crippen molar-refractivity contribution in [2.45, 2.75) is 46.0 Å². The Bertz CT molecular complexity index is 601. The number of aromatic nitrogens is 2. The van der Waals surface area contributed by atoms with Crippen LogP contribution in [0, 0.1) is 5.41 Å². The minimum Gasteiger partial charge on any atom is -0.369 e. The maximum Gasteiger partial charge on any atom is 0.226 e. The van der Waals surface area contributed by atoms with Gasteiger partial charge in [-0.3, -0.25) is 0 Å². The standard InChI is InChI=1S/C16H24N4S/c1-3-16(8-5-6-9-16)11-18-13-12-7-10-21-14(12)20-15(19-13)17-4-2/h7,10H,3-6,8-9,11H2,1-2H3,(H2,17,18,19,20). The molecule has 3 rings (SSSR count). The normalized spacial score (nSPS) is 17.2. The zero-order chi connectivity index (χ0) is 14.7. The van der Waals surface area contributed by atoms with Crippen molar-refractivity contribution in [3.8, 4) is 0 Å². The summed E-state index contributed by atoms with van der Waals surface area (Å²) in [6.07, 6.45) is 6.67. The maximum absolute atomic E-state index is 4.66. The molecule has 0 bridgehead atoms. The van der Waals surface area contributed by atoms with E-state index in [1.807, 2.05) is 0 Å². The summed E-state index contributed by atoms with van der Waals surface area (Å²) in [6, 6.07) is 2.12. The smallest absolute Gasteiger partial charge is 0.226 e. The monoisotopic (exact) mass is 304 g/mol. The van der Waals surface area contributed by atoms with Gasteiger partial charge in [0.2, 0.25) is 5.95 Å². The zero-order valence-electron chi connectivity index (χ0n) is 12.9. The van der Waals surface area contributed by atoms with Crippen molar-refractivity contribution in [1.82, 2.24) is 9.97 Å². The van der Waals surface area contributed by atoms with Gasteiger partial charge in [-0.1, -0.05) is 19.8 Å². The van der Waals surface area contributed by atoms with Crippen LogP contribution in [0.3, 0.4) is 0 Å². The largest absolute Gasteiger partial charge is 0.369 e. The fourth-order valence-corrected chi connectivity index (χ4v) is 4.04. The van der Waals surface area contributed by atoms with Gasteiger partial charge in [-0.15, -0.1) is 11.3 Å². The summed E-state index contributed by atoms with van der Waals surface area (Å²) in [5.41, 5.74) is 0.464. The van der Waals surface area contributed by atoms with Crippen molar-refractivity contribution in [2.24, 2.45) is 5.41 Å². The Labute approximate surface area is 130 Å². The first-order chi connectivity index (χ1) is 10.3. The minimum absolute atomic E-state index is 0.464. The molecule has 0 spiro atoms. The fourth-order valence-electron chi connectivity index (χ4n) is 3.28. The molecular formula is C16H24N4S. The number of hydrogen-bond acceptors (Lipinski definition) is 5. The second-order valence-electron chi connectivity index (χ2n) is 5.98. The highest BCUT2D eigenvalue weighted by Gasteiger charge is 2.31. The van der Waals surface area contributed by atoms with Gasteiger partial charge < -0.3 is 10.6 Å². The fraction of sp³-hybridized carbons (Fsp3) is 0.625. The summed E-state index contributed by atoms with van der Waals surface area (Å²) in [5, 5.41) is 10.1. The Kier molecular flexibility index (Phi) is 4.29. The van der Waals surface area contributed by atoms with E-state index in [1.54, 1.807) is 11.3 Å². The predicted molar refractivity (Wildman–Crippen MR) is 91.3 cm³/mol. The number of thiophene rings is 1. The van der Waals surface area contributed by atoms with Crippen molar-refractivity contribution in [1.29, 1.82) is 0 Å². The SMILES string of the molecule is CCNc1nc(NCC2(CC)CCCC2)c2ccsc2n1. The second-order valence-corrected chi connectivity index (χ2v) is 6.87. The molecule has 21 heavy (non-hydrogen) atoms. The lowest BCUT2D eigenvalue weighted by Gasteiger charge is -2.28. The van der Waals surface area contributed by atoms with Crippen molar-refractivity contribution in [2.75, 3.05) is 23.7 Å². The molecular weight excluding hydrogens is 280 g/mol. The van der Waals surface area contributed by atoms with E-state index in [0.717, 1.165) is 35.1 Å². The topological polar surface area (TPSA) is 49.8 Å². The van der Waals surface area contributed by atoms with E-state index in [4.69, 9.17) is 0 Å². The van der Waals surface area contributed by atoms with Crippen LogP contribution in [0.25, 0.3) is 10.2 Å². The van der Waals surface area contributed by atoms with Gasteiger partial charge in [0.1, 0.15) is 10.6 Å². The number of nitrogens with zero attached hydrogens (tertiary/aromatic N) is 2. The van der Waals surface area contributed by atoms with E-state index in [2.05, 4.69) is 45.9 Å². The van der Waals surface area contributed by atoms with E-state index < -0.39 is 0 Å². The molecule has 2 N–H and O–H groups in total. The lowest BCUT2D eigenvalue weighted by Crippen LogP contribution is -2.26. The summed E-state index contributed by atoms with van der Waals surface area (Å²) in [5.74, 6) is 1.71. The summed E-state index contributed by atoms with van der Waals surface area (Å²) in [7, 11) is 0. The van der Waals surface area contributed by atoms with Crippen molar-refractivity contribution in [3.63, 3.8) is 0 Å². The zero-order valence-corrected chi connectivity index (χ0v) is 13.7. The molecule has 0 radical (unpaired) electrons. The van der Waals surface area contributed by atoms with E-state index in [9.17, 15) is 0 Å². The molecule has 4 nitrogen and oxygen atoms in total. The summed E-state index contributed by atoms with van der Waals surface area (Å²) in [4.78, 5) is 10.3. The third-order valence-electron chi connectivity index (χ3n) is 4.70. The van der Waals surface area contributed by atoms with Crippen molar-refractivity contribution < 1.29 is 0 Å². The highest BCUT2D eigenvalue weighted by Crippen LogP contribution is 2.41. The lowest BCUT2D eigenvalue weighted by molar-refractivity contribution is 0.306. The molecule has 1 aliphatic rings. The molecule has 0 unspecified atom stereocenters. The van der Waals surface area contributed by atoms with Crippen LogP contribution in [-0.2, 0) is 0 Å². The molecule has 1 fully saturated rings. The first-order valence-electron chi connectivity index (χ1n) is 7.99. The second kappa shape index (κ2) is 6.18. The van der Waals surface area contributed by atoms with E-state index in [0.29, 0.717) is 5.41 Å². The predicted octanol–water partition coefficient (Wildman–Crippen LogP) is 4.51. The van der Waals surface area contributed by atoms with E-state index in [1.165, 1.54) is 32.1 Å². The highest BCUT2D eigenvalue weighted by atomic mass is 32.1. The van der Waals surface area contributed by atoms with Crippen LogP contribution in [0.4, 0.5) is 11.8 Å². The van der Waals surface area contributed by atoms with Crippen molar-refractivity contribution in [3.05, 3.63) is 11.4 Å². The van der Waals surface area contributed by atoms with Gasteiger partial charge in [0.25, 0.3) is 0 Å². The van der Waals surface area contributed by atoms with Gasteiger partial charge in [0.05, 0.1) is 5.39 Å². The highest BCUT2D eigenvalue weighted by molar-refractivity contribution is 7.16. The van der Waals surface area contributed by atoms with Crippen molar-refractivity contribution >= 4 is 33.3 Å². The molecule has 1 saturated carbocycles. The molecule has 2 aromatic rings. The number of fused-ring (bicyclic) bond motifs is 1. The van der Waals surface area contributed by atoms with Gasteiger partial charge >= 0.3 is 0 Å². The number of hydrogen-bond donors (Lipinski definition) is 2. The lowest BCUT2D eigenvalue weighted by atomic mass is 9.83. The van der Waals surface area contributed by atoms with Crippen LogP contribution in [-0.4, -0.2) is 23.1 Å². The molecule has 0 aromatic carbocycles.